The van der Waals surface area contributed by atoms with E-state index < -0.39 is 0 Å². The Bertz CT molecular complexity index is 441. The van der Waals surface area contributed by atoms with E-state index in [2.05, 4.69) is 49.2 Å². The minimum absolute atomic E-state index is 0.741. The van der Waals surface area contributed by atoms with E-state index in [4.69, 9.17) is 0 Å². The molecule has 2 nitrogen and oxygen atoms in total. The normalized spacial score (nSPS) is 29.8. The van der Waals surface area contributed by atoms with Crippen LogP contribution in [-0.2, 0) is 0 Å². The first-order valence-electron chi connectivity index (χ1n) is 7.78. The van der Waals surface area contributed by atoms with Crippen LogP contribution in [0.5, 0.6) is 0 Å². The van der Waals surface area contributed by atoms with Crippen LogP contribution in [0.3, 0.4) is 0 Å². The molecule has 2 aliphatic heterocycles. The van der Waals surface area contributed by atoms with E-state index in [1.54, 1.807) is 0 Å². The molecule has 2 bridgehead atoms. The van der Waals surface area contributed by atoms with Gasteiger partial charge in [0.15, 0.2) is 0 Å². The van der Waals surface area contributed by atoms with Crippen LogP contribution in [0, 0.1) is 13.8 Å². The van der Waals surface area contributed by atoms with Crippen molar-refractivity contribution in [3.8, 4) is 0 Å². The van der Waals surface area contributed by atoms with Crippen molar-refractivity contribution in [1.82, 2.24) is 5.32 Å². The zero-order valence-corrected chi connectivity index (χ0v) is 12.4. The van der Waals surface area contributed by atoms with E-state index in [9.17, 15) is 0 Å². The summed E-state index contributed by atoms with van der Waals surface area (Å²) in [5.41, 5.74) is 4.27. The standard InChI is InChI=1S/C17H26N2/c1-4-18-14-10-16-7-8-17(11-14)19(16)15-6-5-12(2)13(3)9-15/h5-6,9,14,16-18H,4,7-8,10-11H2,1-3H3. The molecule has 1 aromatic rings. The Hall–Kier alpha value is -1.02. The smallest absolute Gasteiger partial charge is 0.0374 e. The van der Waals surface area contributed by atoms with Crippen molar-refractivity contribution in [1.29, 1.82) is 0 Å². The number of aryl methyl sites for hydroxylation is 2. The topological polar surface area (TPSA) is 15.3 Å². The molecule has 2 heteroatoms. The second-order valence-corrected chi connectivity index (χ2v) is 6.29. The number of hydrogen-bond donors (Lipinski definition) is 1. The molecular weight excluding hydrogens is 232 g/mol. The van der Waals surface area contributed by atoms with Crippen molar-refractivity contribution in [3.05, 3.63) is 29.3 Å². The Morgan fingerprint density at radius 2 is 1.79 bits per heavy atom. The average Bonchev–Trinajstić information content (AvgIpc) is 2.65. The maximum atomic E-state index is 3.65. The van der Waals surface area contributed by atoms with Gasteiger partial charge in [-0.25, -0.2) is 0 Å². The lowest BCUT2D eigenvalue weighted by atomic mass is 9.96. The molecule has 2 heterocycles. The van der Waals surface area contributed by atoms with Gasteiger partial charge in [0.05, 0.1) is 0 Å². The summed E-state index contributed by atoms with van der Waals surface area (Å²) in [6.45, 7) is 7.75. The molecule has 1 aromatic carbocycles. The van der Waals surface area contributed by atoms with E-state index in [1.807, 2.05) is 0 Å². The molecule has 0 amide bonds. The van der Waals surface area contributed by atoms with Gasteiger partial charge in [0.25, 0.3) is 0 Å². The number of anilines is 1. The van der Waals surface area contributed by atoms with Gasteiger partial charge in [-0.05, 0) is 69.3 Å². The first kappa shape index (κ1) is 13.0. The first-order valence-corrected chi connectivity index (χ1v) is 7.78. The van der Waals surface area contributed by atoms with E-state index >= 15 is 0 Å². The van der Waals surface area contributed by atoms with Gasteiger partial charge >= 0.3 is 0 Å². The molecule has 0 radical (unpaired) electrons. The fourth-order valence-corrected chi connectivity index (χ4v) is 3.94. The molecule has 2 aliphatic rings. The monoisotopic (exact) mass is 258 g/mol. The highest BCUT2D eigenvalue weighted by Crippen LogP contribution is 2.39. The van der Waals surface area contributed by atoms with Gasteiger partial charge in [-0.15, -0.1) is 0 Å². The van der Waals surface area contributed by atoms with Crippen molar-refractivity contribution < 1.29 is 0 Å². The maximum absolute atomic E-state index is 3.65. The molecule has 2 unspecified atom stereocenters. The van der Waals surface area contributed by atoms with Gasteiger partial charge in [0, 0.05) is 23.8 Å². The predicted molar refractivity (Wildman–Crippen MR) is 81.9 cm³/mol. The molecule has 2 fully saturated rings. The lowest BCUT2D eigenvalue weighted by Gasteiger charge is -2.41. The number of benzene rings is 1. The number of rotatable bonds is 3. The van der Waals surface area contributed by atoms with Crippen molar-refractivity contribution in [3.63, 3.8) is 0 Å². The lowest BCUT2D eigenvalue weighted by Crippen LogP contribution is -2.49. The Kier molecular flexibility index (Phi) is 3.53. The van der Waals surface area contributed by atoms with Crippen molar-refractivity contribution in [2.24, 2.45) is 0 Å². The van der Waals surface area contributed by atoms with Crippen LogP contribution in [0.25, 0.3) is 0 Å². The fraction of sp³-hybridized carbons (Fsp3) is 0.647. The van der Waals surface area contributed by atoms with Gasteiger partial charge in [-0.2, -0.15) is 0 Å². The molecular formula is C17H26N2. The van der Waals surface area contributed by atoms with Crippen molar-refractivity contribution >= 4 is 5.69 Å². The second-order valence-electron chi connectivity index (χ2n) is 6.29. The Morgan fingerprint density at radius 3 is 2.37 bits per heavy atom. The number of hydrogen-bond acceptors (Lipinski definition) is 2. The lowest BCUT2D eigenvalue weighted by molar-refractivity contribution is 0.361. The number of nitrogens with zero attached hydrogens (tertiary/aromatic N) is 1. The minimum Gasteiger partial charge on any atom is -0.365 e. The third kappa shape index (κ3) is 2.38. The Labute approximate surface area is 117 Å². The number of fused-ring (bicyclic) bond motifs is 2. The summed E-state index contributed by atoms with van der Waals surface area (Å²) < 4.78 is 0. The van der Waals surface area contributed by atoms with Gasteiger partial charge < -0.3 is 10.2 Å². The third-order valence-corrected chi connectivity index (χ3v) is 5.01. The molecule has 0 aromatic heterocycles. The largest absolute Gasteiger partial charge is 0.365 e. The molecule has 0 spiro atoms. The number of nitrogens with one attached hydrogen (secondary N) is 1. The molecule has 0 saturated carbocycles. The van der Waals surface area contributed by atoms with Gasteiger partial charge in [-0.3, -0.25) is 0 Å². The zero-order valence-electron chi connectivity index (χ0n) is 12.4. The molecule has 2 atom stereocenters. The Morgan fingerprint density at radius 1 is 1.11 bits per heavy atom. The van der Waals surface area contributed by atoms with Crippen molar-refractivity contribution in [2.75, 3.05) is 11.4 Å². The highest BCUT2D eigenvalue weighted by atomic mass is 15.2. The van der Waals surface area contributed by atoms with E-state index in [-0.39, 0.29) is 0 Å². The molecule has 1 N–H and O–H groups in total. The highest BCUT2D eigenvalue weighted by Gasteiger charge is 2.40. The fourth-order valence-electron chi connectivity index (χ4n) is 3.94. The summed E-state index contributed by atoms with van der Waals surface area (Å²) in [7, 11) is 0. The summed E-state index contributed by atoms with van der Waals surface area (Å²) in [5, 5.41) is 3.65. The quantitative estimate of drug-likeness (QED) is 0.894. The summed E-state index contributed by atoms with van der Waals surface area (Å²) in [4.78, 5) is 2.71. The molecule has 104 valence electrons. The van der Waals surface area contributed by atoms with Crippen LogP contribution in [0.15, 0.2) is 18.2 Å². The molecule has 0 aliphatic carbocycles. The van der Waals surface area contributed by atoms with Crippen LogP contribution >= 0.6 is 0 Å². The first-order chi connectivity index (χ1) is 9.19. The van der Waals surface area contributed by atoms with Gasteiger partial charge in [0.2, 0.25) is 0 Å². The predicted octanol–water partition coefficient (Wildman–Crippen LogP) is 3.41. The van der Waals surface area contributed by atoms with Gasteiger partial charge in [0.1, 0.15) is 0 Å². The molecule has 2 saturated heterocycles. The van der Waals surface area contributed by atoms with Crippen LogP contribution in [0.2, 0.25) is 0 Å². The zero-order chi connectivity index (χ0) is 13.4. The highest BCUT2D eigenvalue weighted by molar-refractivity contribution is 5.54. The second kappa shape index (κ2) is 5.16. The molecule has 3 rings (SSSR count). The summed E-state index contributed by atoms with van der Waals surface area (Å²) >= 11 is 0. The summed E-state index contributed by atoms with van der Waals surface area (Å²) in [5.74, 6) is 0. The molecule has 19 heavy (non-hydrogen) atoms. The Balaban J connectivity index is 1.81. The third-order valence-electron chi connectivity index (χ3n) is 5.01. The van der Waals surface area contributed by atoms with Crippen LogP contribution in [0.1, 0.15) is 43.7 Å². The summed E-state index contributed by atoms with van der Waals surface area (Å²) in [6.07, 6.45) is 5.38. The average molecular weight is 258 g/mol. The van der Waals surface area contributed by atoms with Crippen molar-refractivity contribution in [2.45, 2.75) is 64.6 Å². The number of piperidine rings is 1. The van der Waals surface area contributed by atoms with E-state index in [0.29, 0.717) is 0 Å². The van der Waals surface area contributed by atoms with Crippen LogP contribution in [0.4, 0.5) is 5.69 Å². The maximum Gasteiger partial charge on any atom is 0.0374 e. The van der Waals surface area contributed by atoms with Crippen LogP contribution in [-0.4, -0.2) is 24.7 Å². The summed E-state index contributed by atoms with van der Waals surface area (Å²) in [6, 6.07) is 9.23. The van der Waals surface area contributed by atoms with Crippen LogP contribution < -0.4 is 10.2 Å². The van der Waals surface area contributed by atoms with E-state index in [0.717, 1.165) is 24.7 Å². The minimum atomic E-state index is 0.741. The van der Waals surface area contributed by atoms with Gasteiger partial charge in [-0.1, -0.05) is 13.0 Å². The van der Waals surface area contributed by atoms with E-state index in [1.165, 1.54) is 42.5 Å². The SMILES string of the molecule is CCNC1CC2CCC(C1)N2c1ccc(C)c(C)c1.